The molecule has 0 amide bonds. The quantitative estimate of drug-likeness (QED) is 0.868. The maximum atomic E-state index is 12.1. The van der Waals surface area contributed by atoms with E-state index in [1.807, 2.05) is 18.2 Å². The van der Waals surface area contributed by atoms with Crippen LogP contribution in [0.3, 0.4) is 0 Å². The average molecular weight is 287 g/mol. The second-order valence-electron chi connectivity index (χ2n) is 4.47. The number of aromatic amines is 1. The van der Waals surface area contributed by atoms with Gasteiger partial charge in [-0.15, -0.1) is 0 Å². The van der Waals surface area contributed by atoms with E-state index in [4.69, 9.17) is 14.2 Å². The summed E-state index contributed by atoms with van der Waals surface area (Å²) in [5.41, 5.74) is 1.11. The van der Waals surface area contributed by atoms with Crippen LogP contribution in [-0.4, -0.2) is 20.2 Å². The van der Waals surface area contributed by atoms with E-state index in [0.717, 1.165) is 11.4 Å². The zero-order chi connectivity index (χ0) is 14.8. The molecular formula is C15H15N2O4+. The highest BCUT2D eigenvalue weighted by atomic mass is 16.6. The van der Waals surface area contributed by atoms with Crippen LogP contribution in [-0.2, 0) is 4.74 Å². The lowest BCUT2D eigenvalue weighted by Crippen LogP contribution is -2.17. The van der Waals surface area contributed by atoms with Crippen molar-refractivity contribution < 1.29 is 24.0 Å². The maximum absolute atomic E-state index is 12.1. The van der Waals surface area contributed by atoms with Gasteiger partial charge in [0, 0.05) is 6.07 Å². The van der Waals surface area contributed by atoms with Crippen LogP contribution < -0.4 is 19.8 Å². The molecule has 0 saturated carbocycles. The summed E-state index contributed by atoms with van der Waals surface area (Å²) in [4.78, 5) is 15.1. The molecule has 1 aliphatic heterocycles. The van der Waals surface area contributed by atoms with Crippen LogP contribution >= 0.6 is 0 Å². The lowest BCUT2D eigenvalue weighted by atomic mass is 10.1. The zero-order valence-corrected chi connectivity index (χ0v) is 11.7. The van der Waals surface area contributed by atoms with E-state index in [1.165, 1.54) is 14.2 Å². The summed E-state index contributed by atoms with van der Waals surface area (Å²) in [5.74, 6) is 1.20. The number of hydrogen-bond acceptors (Lipinski definition) is 5. The summed E-state index contributed by atoms with van der Waals surface area (Å²) in [6.45, 7) is 0. The summed E-state index contributed by atoms with van der Waals surface area (Å²) in [6, 6.07) is 9.15. The largest absolute Gasteiger partial charge is 0.493 e. The summed E-state index contributed by atoms with van der Waals surface area (Å²) in [6.07, 6.45) is 1.22. The van der Waals surface area contributed by atoms with Crippen LogP contribution in [0.4, 0.5) is 5.82 Å². The van der Waals surface area contributed by atoms with Gasteiger partial charge in [-0.25, -0.2) is 15.1 Å². The number of carbonyl (C=O) groups is 1. The van der Waals surface area contributed by atoms with Crippen molar-refractivity contribution in [1.29, 1.82) is 0 Å². The van der Waals surface area contributed by atoms with Crippen LogP contribution in [0.15, 0.2) is 36.5 Å². The monoisotopic (exact) mass is 287 g/mol. The molecule has 1 atom stereocenters. The number of anilines is 1. The Hall–Kier alpha value is -2.76. The Labute approximate surface area is 121 Å². The minimum atomic E-state index is -0.564. The second kappa shape index (κ2) is 5.32. The van der Waals surface area contributed by atoms with Crippen molar-refractivity contribution in [2.75, 3.05) is 19.5 Å². The smallest absolute Gasteiger partial charge is 0.346 e. The predicted octanol–water partition coefficient (Wildman–Crippen LogP) is 1.80. The fraction of sp³-hybridized carbons (Fsp3) is 0.200. The van der Waals surface area contributed by atoms with Gasteiger partial charge in [0.2, 0.25) is 0 Å². The fourth-order valence-corrected chi connectivity index (χ4v) is 2.33. The summed E-state index contributed by atoms with van der Waals surface area (Å²) in [5, 5.41) is 3.12. The molecule has 3 rings (SSSR count). The van der Waals surface area contributed by atoms with Gasteiger partial charge in [-0.05, 0) is 18.2 Å². The number of methoxy groups -OCH3 is 2. The molecule has 0 fully saturated rings. The first kappa shape index (κ1) is 13.2. The molecule has 2 aromatic rings. The molecule has 2 N–H and O–H groups in total. The molecule has 21 heavy (non-hydrogen) atoms. The molecule has 0 spiro atoms. The second-order valence-corrected chi connectivity index (χ2v) is 4.47. The molecule has 1 aromatic carbocycles. The zero-order valence-electron chi connectivity index (χ0n) is 11.7. The third-order valence-corrected chi connectivity index (χ3v) is 3.28. The molecule has 2 heterocycles. The van der Waals surface area contributed by atoms with E-state index in [2.05, 4.69) is 10.3 Å². The SMILES string of the molecule is COc1ccc2c(c1OC)C(=O)O[C@@H]2Nc1cccc[nH+]1. The fourth-order valence-electron chi connectivity index (χ4n) is 2.33. The number of aromatic nitrogens is 1. The number of rotatable bonds is 4. The summed E-state index contributed by atoms with van der Waals surface area (Å²) in [7, 11) is 3.02. The standard InChI is InChI=1S/C15H14N2O4/c1-19-10-7-6-9-12(13(10)20-2)15(18)21-14(9)17-11-5-3-4-8-16-11/h3-8,14H,1-2H3,(H,16,17)/p+1/t14-/m0/s1. The van der Waals surface area contributed by atoms with Crippen molar-refractivity contribution >= 4 is 11.8 Å². The van der Waals surface area contributed by atoms with E-state index in [-0.39, 0.29) is 0 Å². The number of benzene rings is 1. The Morgan fingerprint density at radius 3 is 2.71 bits per heavy atom. The molecule has 6 nitrogen and oxygen atoms in total. The molecule has 108 valence electrons. The Morgan fingerprint density at radius 2 is 2.05 bits per heavy atom. The number of cyclic esters (lactones) is 1. The molecule has 1 aliphatic rings. The van der Waals surface area contributed by atoms with Crippen molar-refractivity contribution in [3.63, 3.8) is 0 Å². The van der Waals surface area contributed by atoms with Gasteiger partial charge in [-0.1, -0.05) is 6.07 Å². The van der Waals surface area contributed by atoms with Crippen LogP contribution in [0.1, 0.15) is 22.1 Å². The van der Waals surface area contributed by atoms with Gasteiger partial charge >= 0.3 is 5.97 Å². The maximum Gasteiger partial charge on any atom is 0.346 e. The van der Waals surface area contributed by atoms with Gasteiger partial charge in [0.1, 0.15) is 5.56 Å². The number of H-pyrrole nitrogens is 1. The number of nitrogens with one attached hydrogen (secondary N) is 2. The molecule has 1 aromatic heterocycles. The van der Waals surface area contributed by atoms with Crippen LogP contribution in [0.5, 0.6) is 11.5 Å². The van der Waals surface area contributed by atoms with Crippen LogP contribution in [0, 0.1) is 0 Å². The lowest BCUT2D eigenvalue weighted by Gasteiger charge is -2.10. The van der Waals surface area contributed by atoms with Gasteiger partial charge in [0.05, 0.1) is 26.0 Å². The number of carbonyl (C=O) groups excluding carboxylic acids is 1. The first-order valence-electron chi connectivity index (χ1n) is 6.43. The summed E-state index contributed by atoms with van der Waals surface area (Å²) >= 11 is 0. The molecule has 0 saturated heterocycles. The highest BCUT2D eigenvalue weighted by molar-refractivity contribution is 5.98. The Kier molecular flexibility index (Phi) is 3.35. The van der Waals surface area contributed by atoms with Gasteiger partial charge in [-0.2, -0.15) is 0 Å². The highest BCUT2D eigenvalue weighted by Gasteiger charge is 2.38. The third-order valence-electron chi connectivity index (χ3n) is 3.28. The van der Waals surface area contributed by atoms with E-state index >= 15 is 0 Å². The van der Waals surface area contributed by atoms with E-state index < -0.39 is 12.2 Å². The molecule has 6 heteroatoms. The third kappa shape index (κ3) is 2.24. The Balaban J connectivity index is 1.99. The number of pyridine rings is 1. The number of ether oxygens (including phenoxy) is 3. The van der Waals surface area contributed by atoms with Crippen LogP contribution in [0.2, 0.25) is 0 Å². The normalized spacial score (nSPS) is 16.1. The Morgan fingerprint density at radius 1 is 1.19 bits per heavy atom. The van der Waals surface area contributed by atoms with Gasteiger partial charge < -0.3 is 14.2 Å². The minimum Gasteiger partial charge on any atom is -0.493 e. The van der Waals surface area contributed by atoms with Gasteiger partial charge in [0.25, 0.3) is 12.0 Å². The topological polar surface area (TPSA) is 70.9 Å². The Bertz CT molecular complexity index is 673. The van der Waals surface area contributed by atoms with E-state index in [0.29, 0.717) is 17.1 Å². The molecule has 0 aliphatic carbocycles. The molecule has 0 radical (unpaired) electrons. The number of esters is 1. The molecule has 0 unspecified atom stereocenters. The van der Waals surface area contributed by atoms with Crippen molar-refractivity contribution in [3.05, 3.63) is 47.7 Å². The first-order chi connectivity index (χ1) is 10.2. The average Bonchev–Trinajstić information content (AvgIpc) is 2.83. The predicted molar refractivity (Wildman–Crippen MR) is 74.3 cm³/mol. The molecule has 0 bridgehead atoms. The van der Waals surface area contributed by atoms with Crippen molar-refractivity contribution in [2.45, 2.75) is 6.23 Å². The van der Waals surface area contributed by atoms with Gasteiger partial charge in [-0.3, -0.25) is 0 Å². The summed E-state index contributed by atoms with van der Waals surface area (Å²) < 4.78 is 15.9. The first-order valence-corrected chi connectivity index (χ1v) is 6.43. The number of hydrogen-bond donors (Lipinski definition) is 1. The van der Waals surface area contributed by atoms with Crippen molar-refractivity contribution in [2.24, 2.45) is 0 Å². The highest BCUT2D eigenvalue weighted by Crippen LogP contribution is 2.41. The van der Waals surface area contributed by atoms with E-state index in [1.54, 1.807) is 18.3 Å². The van der Waals surface area contributed by atoms with Gasteiger partial charge in [0.15, 0.2) is 11.5 Å². The minimum absolute atomic E-state index is 0.390. The molecular weight excluding hydrogens is 272 g/mol. The van der Waals surface area contributed by atoms with Crippen LogP contribution in [0.25, 0.3) is 0 Å². The van der Waals surface area contributed by atoms with Crippen molar-refractivity contribution in [3.8, 4) is 11.5 Å². The van der Waals surface area contributed by atoms with Crippen molar-refractivity contribution in [1.82, 2.24) is 0 Å². The van der Waals surface area contributed by atoms with E-state index in [9.17, 15) is 4.79 Å². The number of fused-ring (bicyclic) bond motifs is 1. The lowest BCUT2D eigenvalue weighted by molar-refractivity contribution is -0.361.